The minimum absolute atomic E-state index is 0.111. The van der Waals surface area contributed by atoms with Crippen molar-refractivity contribution in [1.82, 2.24) is 19.9 Å². The van der Waals surface area contributed by atoms with E-state index in [4.69, 9.17) is 4.74 Å². The summed E-state index contributed by atoms with van der Waals surface area (Å²) in [6.07, 6.45) is 5.95. The molecule has 0 amide bonds. The lowest BCUT2D eigenvalue weighted by Gasteiger charge is -2.15. The van der Waals surface area contributed by atoms with E-state index in [1.165, 1.54) is 5.56 Å². The van der Waals surface area contributed by atoms with Crippen LogP contribution in [0, 0.1) is 25.7 Å². The number of aromatic nitrogens is 4. The number of pyridine rings is 2. The molecule has 3 atom stereocenters. The monoisotopic (exact) mass is 404 g/mol. The largest absolute Gasteiger partial charge is 0.477 e. The highest BCUT2D eigenvalue weighted by Gasteiger charge is 2.40. The van der Waals surface area contributed by atoms with Crippen LogP contribution in [0.15, 0.2) is 42.9 Å². The molecule has 0 aliphatic heterocycles. The zero-order chi connectivity index (χ0) is 21.3. The van der Waals surface area contributed by atoms with Crippen LogP contribution in [0.4, 0.5) is 0 Å². The molecular formula is C24H28N4O2. The Balaban J connectivity index is 1.47. The maximum absolute atomic E-state index is 10.2. The van der Waals surface area contributed by atoms with Gasteiger partial charge in [0.05, 0.1) is 24.0 Å². The summed E-state index contributed by atoms with van der Waals surface area (Å²) in [6.45, 7) is 8.44. The van der Waals surface area contributed by atoms with Crippen molar-refractivity contribution in [3.8, 4) is 17.0 Å². The minimum atomic E-state index is -0.578. The average Bonchev–Trinajstić information content (AvgIpc) is 3.52. The Bertz CT molecular complexity index is 1000. The molecule has 3 heterocycles. The zero-order valence-corrected chi connectivity index (χ0v) is 17.9. The van der Waals surface area contributed by atoms with Crippen LogP contribution >= 0.6 is 0 Å². The summed E-state index contributed by atoms with van der Waals surface area (Å²) in [6, 6.07) is 8.00. The van der Waals surface area contributed by atoms with Crippen LogP contribution < -0.4 is 4.74 Å². The van der Waals surface area contributed by atoms with Gasteiger partial charge in [-0.2, -0.15) is 4.98 Å². The number of ether oxygens (including phenoxy) is 1. The van der Waals surface area contributed by atoms with Gasteiger partial charge >= 0.3 is 0 Å². The van der Waals surface area contributed by atoms with Crippen molar-refractivity contribution in [1.29, 1.82) is 0 Å². The predicted molar refractivity (Wildman–Crippen MR) is 115 cm³/mol. The Morgan fingerprint density at radius 3 is 2.53 bits per heavy atom. The van der Waals surface area contributed by atoms with Gasteiger partial charge in [-0.1, -0.05) is 26.0 Å². The van der Waals surface area contributed by atoms with Crippen LogP contribution in [0.5, 0.6) is 5.88 Å². The normalized spacial score (nSPS) is 19.0. The molecule has 3 aromatic heterocycles. The van der Waals surface area contributed by atoms with Gasteiger partial charge in [0.25, 0.3) is 0 Å². The molecule has 156 valence electrons. The number of nitrogens with zero attached hydrogens (tertiary/aromatic N) is 4. The summed E-state index contributed by atoms with van der Waals surface area (Å²) >= 11 is 0. The standard InChI is InChI=1S/C24H28N4O2/c1-14(2)23(29)22-8-6-17(11-27-22)20-12-25-16(4)28-24(20)30-13-18-9-19(18)21-7-5-15(3)10-26-21/h5-8,10-12,14,18-19,23,29H,9,13H2,1-4H3/t18-,19+,23?/m1/s1. The Morgan fingerprint density at radius 2 is 1.87 bits per heavy atom. The Labute approximate surface area is 177 Å². The second-order valence-corrected chi connectivity index (χ2v) is 8.47. The van der Waals surface area contributed by atoms with Gasteiger partial charge in [0, 0.05) is 41.7 Å². The predicted octanol–water partition coefficient (Wildman–Crippen LogP) is 4.42. The van der Waals surface area contributed by atoms with Crippen molar-refractivity contribution in [2.24, 2.45) is 11.8 Å². The number of hydrogen-bond acceptors (Lipinski definition) is 6. The first-order valence-electron chi connectivity index (χ1n) is 10.5. The molecular weight excluding hydrogens is 376 g/mol. The highest BCUT2D eigenvalue weighted by Crippen LogP contribution is 2.47. The Kier molecular flexibility index (Phi) is 5.77. The molecule has 1 aliphatic rings. The van der Waals surface area contributed by atoms with Gasteiger partial charge in [0.2, 0.25) is 5.88 Å². The molecule has 1 fully saturated rings. The zero-order valence-electron chi connectivity index (χ0n) is 17.9. The third kappa shape index (κ3) is 4.49. The van der Waals surface area contributed by atoms with Gasteiger partial charge in [-0.3, -0.25) is 9.97 Å². The smallest absolute Gasteiger partial charge is 0.224 e. The van der Waals surface area contributed by atoms with Crippen LogP contribution in [0.3, 0.4) is 0 Å². The molecule has 4 rings (SSSR count). The quantitative estimate of drug-likeness (QED) is 0.628. The lowest BCUT2D eigenvalue weighted by molar-refractivity contribution is 0.122. The maximum Gasteiger partial charge on any atom is 0.224 e. The third-order valence-corrected chi connectivity index (χ3v) is 5.58. The number of aryl methyl sites for hydroxylation is 2. The molecule has 0 saturated heterocycles. The SMILES string of the molecule is Cc1ccc([C@H]2C[C@@H]2COc2nc(C)ncc2-c2ccc(C(O)C(C)C)nc2)nc1. The molecule has 1 N–H and O–H groups in total. The number of rotatable bonds is 7. The summed E-state index contributed by atoms with van der Waals surface area (Å²) in [5.74, 6) is 2.25. The van der Waals surface area contributed by atoms with Crippen LogP contribution in [-0.2, 0) is 0 Å². The lowest BCUT2D eigenvalue weighted by atomic mass is 10.0. The van der Waals surface area contributed by atoms with Crippen molar-refractivity contribution >= 4 is 0 Å². The molecule has 3 aromatic rings. The van der Waals surface area contributed by atoms with E-state index in [1.807, 2.05) is 46.0 Å². The van der Waals surface area contributed by atoms with E-state index in [1.54, 1.807) is 12.4 Å². The molecule has 1 aliphatic carbocycles. The molecule has 1 saturated carbocycles. The first-order valence-corrected chi connectivity index (χ1v) is 10.5. The fraction of sp³-hybridized carbons (Fsp3) is 0.417. The number of aliphatic hydroxyl groups is 1. The Hall–Kier alpha value is -2.86. The van der Waals surface area contributed by atoms with Crippen molar-refractivity contribution < 1.29 is 9.84 Å². The van der Waals surface area contributed by atoms with E-state index < -0.39 is 6.10 Å². The topological polar surface area (TPSA) is 81.0 Å². The van der Waals surface area contributed by atoms with Crippen LogP contribution in [0.25, 0.3) is 11.1 Å². The second-order valence-electron chi connectivity index (χ2n) is 8.47. The highest BCUT2D eigenvalue weighted by atomic mass is 16.5. The average molecular weight is 405 g/mol. The fourth-order valence-electron chi connectivity index (χ4n) is 3.52. The maximum atomic E-state index is 10.2. The highest BCUT2D eigenvalue weighted by molar-refractivity contribution is 5.66. The number of hydrogen-bond donors (Lipinski definition) is 1. The Morgan fingerprint density at radius 1 is 1.03 bits per heavy atom. The minimum Gasteiger partial charge on any atom is -0.477 e. The van der Waals surface area contributed by atoms with Crippen molar-refractivity contribution in [2.45, 2.75) is 46.1 Å². The van der Waals surface area contributed by atoms with E-state index in [0.717, 1.165) is 23.2 Å². The van der Waals surface area contributed by atoms with E-state index in [2.05, 4.69) is 32.1 Å². The summed E-state index contributed by atoms with van der Waals surface area (Å²) in [7, 11) is 0. The molecule has 0 radical (unpaired) electrons. The van der Waals surface area contributed by atoms with Crippen molar-refractivity contribution in [3.05, 3.63) is 65.6 Å². The summed E-state index contributed by atoms with van der Waals surface area (Å²) in [5.41, 5.74) is 4.66. The molecule has 1 unspecified atom stereocenters. The van der Waals surface area contributed by atoms with Crippen molar-refractivity contribution in [2.75, 3.05) is 6.61 Å². The van der Waals surface area contributed by atoms with Gasteiger partial charge in [0.15, 0.2) is 0 Å². The van der Waals surface area contributed by atoms with Crippen LogP contribution in [0.2, 0.25) is 0 Å². The van der Waals surface area contributed by atoms with Gasteiger partial charge < -0.3 is 9.84 Å². The van der Waals surface area contributed by atoms with E-state index in [9.17, 15) is 5.11 Å². The van der Waals surface area contributed by atoms with Gasteiger partial charge in [-0.05, 0) is 43.9 Å². The molecule has 0 aromatic carbocycles. The molecule has 30 heavy (non-hydrogen) atoms. The second kappa shape index (κ2) is 8.48. The first kappa shape index (κ1) is 20.4. The summed E-state index contributed by atoms with van der Waals surface area (Å²) in [5, 5.41) is 10.2. The fourth-order valence-corrected chi connectivity index (χ4v) is 3.52. The summed E-state index contributed by atoms with van der Waals surface area (Å²) < 4.78 is 6.13. The van der Waals surface area contributed by atoms with Crippen LogP contribution in [-0.4, -0.2) is 31.6 Å². The van der Waals surface area contributed by atoms with Gasteiger partial charge in [-0.25, -0.2) is 4.98 Å². The van der Waals surface area contributed by atoms with Crippen molar-refractivity contribution in [3.63, 3.8) is 0 Å². The lowest BCUT2D eigenvalue weighted by Crippen LogP contribution is -2.08. The third-order valence-electron chi connectivity index (χ3n) is 5.58. The number of aliphatic hydroxyl groups excluding tert-OH is 1. The van der Waals surface area contributed by atoms with Gasteiger partial charge in [0.1, 0.15) is 5.82 Å². The molecule has 6 heteroatoms. The summed E-state index contributed by atoms with van der Waals surface area (Å²) in [4.78, 5) is 17.8. The van der Waals surface area contributed by atoms with E-state index >= 15 is 0 Å². The van der Waals surface area contributed by atoms with E-state index in [-0.39, 0.29) is 5.92 Å². The molecule has 0 bridgehead atoms. The van der Waals surface area contributed by atoms with E-state index in [0.29, 0.717) is 35.8 Å². The van der Waals surface area contributed by atoms with Crippen LogP contribution in [0.1, 0.15) is 55.1 Å². The molecule has 6 nitrogen and oxygen atoms in total. The molecule has 0 spiro atoms. The van der Waals surface area contributed by atoms with Gasteiger partial charge in [-0.15, -0.1) is 0 Å². The first-order chi connectivity index (χ1) is 14.4.